The lowest BCUT2D eigenvalue weighted by Crippen LogP contribution is -2.19. The Morgan fingerprint density at radius 2 is 1.55 bits per heavy atom. The third-order valence-corrected chi connectivity index (χ3v) is 2.89. The van der Waals surface area contributed by atoms with E-state index in [-0.39, 0.29) is 22.2 Å². The fraction of sp³-hybridized carbons (Fsp3) is 0. The second-order valence-electron chi connectivity index (χ2n) is 4.16. The van der Waals surface area contributed by atoms with Crippen LogP contribution in [0.5, 0.6) is 0 Å². The van der Waals surface area contributed by atoms with Gasteiger partial charge in [-0.1, -0.05) is 12.1 Å². The zero-order valence-electron chi connectivity index (χ0n) is 11.1. The Bertz CT molecular complexity index is 733. The molecule has 0 bridgehead atoms. The van der Waals surface area contributed by atoms with Crippen molar-refractivity contribution in [2.45, 2.75) is 0 Å². The van der Waals surface area contributed by atoms with Gasteiger partial charge in [0.2, 0.25) is 0 Å². The van der Waals surface area contributed by atoms with Gasteiger partial charge in [0, 0.05) is 23.9 Å². The zero-order chi connectivity index (χ0) is 16.1. The molecule has 0 spiro atoms. The summed E-state index contributed by atoms with van der Waals surface area (Å²) >= 11 is 5.07. The van der Waals surface area contributed by atoms with E-state index in [9.17, 15) is 20.2 Å². The monoisotopic (exact) mass is 318 g/mol. The summed E-state index contributed by atoms with van der Waals surface area (Å²) in [5.41, 5.74) is 0.645. The molecule has 2 N–H and O–H groups in total. The second-order valence-corrected chi connectivity index (χ2v) is 4.57. The van der Waals surface area contributed by atoms with Gasteiger partial charge in [-0.3, -0.25) is 20.2 Å². The van der Waals surface area contributed by atoms with Gasteiger partial charge < -0.3 is 10.6 Å². The highest BCUT2D eigenvalue weighted by molar-refractivity contribution is 7.80. The maximum atomic E-state index is 10.9. The number of hydrogen-bond donors (Lipinski definition) is 2. The summed E-state index contributed by atoms with van der Waals surface area (Å²) in [6, 6.07) is 11.7. The smallest absolute Gasteiger partial charge is 0.292 e. The molecule has 112 valence electrons. The van der Waals surface area contributed by atoms with E-state index in [1.807, 2.05) is 0 Å². The first-order valence-corrected chi connectivity index (χ1v) is 6.44. The topological polar surface area (TPSA) is 110 Å². The molecule has 0 heterocycles. The molecule has 2 rings (SSSR count). The molecule has 0 unspecified atom stereocenters. The van der Waals surface area contributed by atoms with Crippen molar-refractivity contribution in [3.8, 4) is 0 Å². The number of para-hydroxylation sites is 2. The predicted octanol–water partition coefficient (Wildman–Crippen LogP) is 3.31. The number of benzene rings is 2. The summed E-state index contributed by atoms with van der Waals surface area (Å²) < 4.78 is 0. The van der Waals surface area contributed by atoms with Crippen LogP contribution in [0.1, 0.15) is 0 Å². The number of thiocarbonyl (C=S) groups is 1. The average Bonchev–Trinajstić information content (AvgIpc) is 2.48. The molecule has 2 aromatic rings. The van der Waals surface area contributed by atoms with Gasteiger partial charge in [0.1, 0.15) is 5.69 Å². The average molecular weight is 318 g/mol. The van der Waals surface area contributed by atoms with Crippen molar-refractivity contribution in [1.82, 2.24) is 0 Å². The Labute approximate surface area is 130 Å². The number of nitrogens with zero attached hydrogens (tertiary/aromatic N) is 2. The van der Waals surface area contributed by atoms with E-state index < -0.39 is 9.85 Å². The molecule has 0 aliphatic rings. The van der Waals surface area contributed by atoms with E-state index in [1.165, 1.54) is 36.4 Å². The van der Waals surface area contributed by atoms with E-state index >= 15 is 0 Å². The number of hydrogen-bond acceptors (Lipinski definition) is 5. The first-order valence-electron chi connectivity index (χ1n) is 6.03. The normalized spacial score (nSPS) is 9.82. The fourth-order valence-electron chi connectivity index (χ4n) is 1.69. The minimum absolute atomic E-state index is 0.0388. The van der Waals surface area contributed by atoms with E-state index in [0.717, 1.165) is 0 Å². The summed E-state index contributed by atoms with van der Waals surface area (Å²) in [6.07, 6.45) is 0. The van der Waals surface area contributed by atoms with Crippen molar-refractivity contribution >= 4 is 40.1 Å². The van der Waals surface area contributed by atoms with Crippen LogP contribution in [0.2, 0.25) is 0 Å². The summed E-state index contributed by atoms with van der Waals surface area (Å²) in [5, 5.41) is 27.1. The molecule has 0 saturated heterocycles. The quantitative estimate of drug-likeness (QED) is 0.505. The Balaban J connectivity index is 2.07. The number of nitrogens with one attached hydrogen (secondary N) is 2. The van der Waals surface area contributed by atoms with Gasteiger partial charge in [-0.15, -0.1) is 0 Å². The third kappa shape index (κ3) is 3.73. The fourth-order valence-corrected chi connectivity index (χ4v) is 1.92. The minimum Gasteiger partial charge on any atom is -0.332 e. The SMILES string of the molecule is O=[N+]([O-])c1ccc(NC(=S)Nc2ccccc2[N+](=O)[O-])cc1. The first kappa shape index (κ1) is 15.3. The van der Waals surface area contributed by atoms with Crippen LogP contribution < -0.4 is 10.6 Å². The van der Waals surface area contributed by atoms with Gasteiger partial charge in [-0.2, -0.15) is 0 Å². The van der Waals surface area contributed by atoms with Crippen molar-refractivity contribution in [2.24, 2.45) is 0 Å². The van der Waals surface area contributed by atoms with E-state index in [1.54, 1.807) is 12.1 Å². The Kier molecular flexibility index (Phi) is 4.59. The molecule has 8 nitrogen and oxygen atoms in total. The third-order valence-electron chi connectivity index (χ3n) is 2.68. The van der Waals surface area contributed by atoms with Crippen molar-refractivity contribution < 1.29 is 9.85 Å². The first-order chi connectivity index (χ1) is 10.5. The van der Waals surface area contributed by atoms with Crippen LogP contribution in [-0.2, 0) is 0 Å². The summed E-state index contributed by atoms with van der Waals surface area (Å²) in [5.74, 6) is 0. The lowest BCUT2D eigenvalue weighted by Gasteiger charge is -2.10. The molecule has 0 amide bonds. The molecule has 0 fully saturated rings. The molecule has 0 aliphatic carbocycles. The highest BCUT2D eigenvalue weighted by atomic mass is 32.1. The summed E-state index contributed by atoms with van der Waals surface area (Å²) in [4.78, 5) is 20.4. The molecule has 0 radical (unpaired) electrons. The van der Waals surface area contributed by atoms with Crippen LogP contribution in [0.15, 0.2) is 48.5 Å². The lowest BCUT2D eigenvalue weighted by atomic mass is 10.2. The maximum Gasteiger partial charge on any atom is 0.292 e. The predicted molar refractivity (Wildman–Crippen MR) is 86.0 cm³/mol. The summed E-state index contributed by atoms with van der Waals surface area (Å²) in [6.45, 7) is 0. The van der Waals surface area contributed by atoms with Crippen LogP contribution in [0.3, 0.4) is 0 Å². The molecule has 2 aromatic carbocycles. The standard InChI is InChI=1S/C13H10N4O4S/c18-16(19)10-7-5-9(6-8-10)14-13(22)15-11-3-1-2-4-12(11)17(20)21/h1-8H,(H2,14,15,22). The molecule has 22 heavy (non-hydrogen) atoms. The number of rotatable bonds is 4. The van der Waals surface area contributed by atoms with E-state index in [0.29, 0.717) is 5.69 Å². The number of non-ortho nitro benzene ring substituents is 1. The van der Waals surface area contributed by atoms with Crippen LogP contribution in [0.4, 0.5) is 22.7 Å². The Morgan fingerprint density at radius 1 is 0.909 bits per heavy atom. The van der Waals surface area contributed by atoms with Gasteiger partial charge in [-0.25, -0.2) is 0 Å². The molecular formula is C13H10N4O4S. The molecule has 0 atom stereocenters. The zero-order valence-corrected chi connectivity index (χ0v) is 11.9. The van der Waals surface area contributed by atoms with Gasteiger partial charge in [0.25, 0.3) is 11.4 Å². The van der Waals surface area contributed by atoms with Crippen LogP contribution in [0.25, 0.3) is 0 Å². The van der Waals surface area contributed by atoms with Gasteiger partial charge in [0.15, 0.2) is 5.11 Å². The van der Waals surface area contributed by atoms with Crippen molar-refractivity contribution in [3.63, 3.8) is 0 Å². The van der Waals surface area contributed by atoms with Crippen molar-refractivity contribution in [2.75, 3.05) is 10.6 Å². The highest BCUT2D eigenvalue weighted by Crippen LogP contribution is 2.23. The van der Waals surface area contributed by atoms with E-state index in [2.05, 4.69) is 10.6 Å². The van der Waals surface area contributed by atoms with Crippen LogP contribution in [-0.4, -0.2) is 15.0 Å². The van der Waals surface area contributed by atoms with Crippen molar-refractivity contribution in [1.29, 1.82) is 0 Å². The summed E-state index contributed by atoms with van der Waals surface area (Å²) in [7, 11) is 0. The molecule has 0 aromatic heterocycles. The van der Waals surface area contributed by atoms with Gasteiger partial charge in [0.05, 0.1) is 9.85 Å². The lowest BCUT2D eigenvalue weighted by molar-refractivity contribution is -0.384. The van der Waals surface area contributed by atoms with Crippen molar-refractivity contribution in [3.05, 3.63) is 68.8 Å². The Hall–Kier alpha value is -3.07. The maximum absolute atomic E-state index is 10.9. The molecule has 9 heteroatoms. The minimum atomic E-state index is -0.517. The van der Waals surface area contributed by atoms with Crippen LogP contribution >= 0.6 is 12.2 Å². The molecule has 0 saturated carbocycles. The Morgan fingerprint density at radius 3 is 2.14 bits per heavy atom. The number of nitro groups is 2. The van der Waals surface area contributed by atoms with Gasteiger partial charge in [-0.05, 0) is 30.4 Å². The number of anilines is 2. The second kappa shape index (κ2) is 6.59. The van der Waals surface area contributed by atoms with E-state index in [4.69, 9.17) is 12.2 Å². The largest absolute Gasteiger partial charge is 0.332 e. The van der Waals surface area contributed by atoms with Crippen LogP contribution in [0, 0.1) is 20.2 Å². The molecule has 0 aliphatic heterocycles. The van der Waals surface area contributed by atoms with Gasteiger partial charge >= 0.3 is 0 Å². The highest BCUT2D eigenvalue weighted by Gasteiger charge is 2.13. The molecular weight excluding hydrogens is 308 g/mol. The number of nitro benzene ring substituents is 2.